The van der Waals surface area contributed by atoms with Crippen LogP contribution in [-0.2, 0) is 4.74 Å². The van der Waals surface area contributed by atoms with E-state index in [0.29, 0.717) is 17.8 Å². The number of hydrogen-bond donors (Lipinski definition) is 3. The van der Waals surface area contributed by atoms with Gasteiger partial charge in [0, 0.05) is 7.11 Å². The van der Waals surface area contributed by atoms with Crippen molar-refractivity contribution in [3.05, 3.63) is 0 Å². The van der Waals surface area contributed by atoms with Crippen LogP contribution in [0.5, 0.6) is 0 Å². The summed E-state index contributed by atoms with van der Waals surface area (Å²) in [7, 11) is 1.84. The van der Waals surface area contributed by atoms with Crippen LogP contribution in [0.1, 0.15) is 113 Å². The zero-order chi connectivity index (χ0) is 25.3. The van der Waals surface area contributed by atoms with E-state index in [0.717, 1.165) is 44.9 Å². The Labute approximate surface area is 209 Å². The Hall–Kier alpha value is -0.160. The van der Waals surface area contributed by atoms with Gasteiger partial charge in [0.2, 0.25) is 0 Å². The first-order valence-electron chi connectivity index (χ1n) is 14.2. The minimum absolute atomic E-state index is 0.0587. The maximum absolute atomic E-state index is 11.8. The second-order valence-electron chi connectivity index (χ2n) is 14.9. The summed E-state index contributed by atoms with van der Waals surface area (Å²) in [6.07, 6.45) is 9.91. The molecule has 4 fully saturated rings. The van der Waals surface area contributed by atoms with Gasteiger partial charge in [-0.05, 0) is 123 Å². The van der Waals surface area contributed by atoms with Crippen molar-refractivity contribution in [2.75, 3.05) is 7.11 Å². The van der Waals surface area contributed by atoms with E-state index < -0.39 is 5.60 Å². The largest absolute Gasteiger partial charge is 0.393 e. The van der Waals surface area contributed by atoms with Crippen molar-refractivity contribution in [3.8, 4) is 0 Å². The second-order valence-corrected chi connectivity index (χ2v) is 14.9. The lowest BCUT2D eigenvalue weighted by molar-refractivity contribution is -0.244. The molecular formula is C30H54O4. The molecule has 0 heterocycles. The van der Waals surface area contributed by atoms with Crippen LogP contribution in [0, 0.1) is 45.3 Å². The monoisotopic (exact) mass is 478 g/mol. The zero-order valence-corrected chi connectivity index (χ0v) is 23.4. The van der Waals surface area contributed by atoms with Gasteiger partial charge in [0.25, 0.3) is 0 Å². The Morgan fingerprint density at radius 3 is 2.18 bits per heavy atom. The molecule has 3 N–H and O–H groups in total. The summed E-state index contributed by atoms with van der Waals surface area (Å²) in [6.45, 7) is 15.9. The van der Waals surface area contributed by atoms with Crippen LogP contribution in [-0.4, -0.2) is 46.3 Å². The van der Waals surface area contributed by atoms with E-state index in [4.69, 9.17) is 4.74 Å². The molecule has 4 rings (SSSR count). The van der Waals surface area contributed by atoms with Gasteiger partial charge >= 0.3 is 0 Å². The van der Waals surface area contributed by atoms with Gasteiger partial charge in [-0.2, -0.15) is 0 Å². The smallest absolute Gasteiger partial charge is 0.0603 e. The topological polar surface area (TPSA) is 69.9 Å². The van der Waals surface area contributed by atoms with Crippen molar-refractivity contribution in [1.29, 1.82) is 0 Å². The van der Waals surface area contributed by atoms with E-state index in [-0.39, 0.29) is 45.9 Å². The quantitative estimate of drug-likeness (QED) is 0.440. The molecule has 4 aliphatic rings. The van der Waals surface area contributed by atoms with Gasteiger partial charge in [-0.15, -0.1) is 0 Å². The molecule has 4 aliphatic carbocycles. The number of hydrogen-bond acceptors (Lipinski definition) is 4. The first kappa shape index (κ1) is 26.9. The highest BCUT2D eigenvalue weighted by molar-refractivity contribution is 5.19. The summed E-state index contributed by atoms with van der Waals surface area (Å²) in [5.41, 5.74) is -0.197. The summed E-state index contributed by atoms with van der Waals surface area (Å²) in [5, 5.41) is 32.9. The summed E-state index contributed by atoms with van der Waals surface area (Å²) >= 11 is 0. The minimum Gasteiger partial charge on any atom is -0.393 e. The predicted molar refractivity (Wildman–Crippen MR) is 137 cm³/mol. The number of ether oxygens (including phenoxy) is 1. The zero-order valence-electron chi connectivity index (χ0n) is 23.4. The van der Waals surface area contributed by atoms with Crippen molar-refractivity contribution in [3.63, 3.8) is 0 Å². The lowest BCUT2D eigenvalue weighted by Gasteiger charge is -2.70. The third-order valence-corrected chi connectivity index (χ3v) is 12.5. The average molecular weight is 479 g/mol. The third kappa shape index (κ3) is 3.92. The van der Waals surface area contributed by atoms with Crippen LogP contribution in [0.25, 0.3) is 0 Å². The average Bonchev–Trinajstić information content (AvgIpc) is 3.09. The number of fused-ring (bicyclic) bond motifs is 5. The lowest BCUT2D eigenvalue weighted by atomic mass is 9.35. The molecule has 4 unspecified atom stereocenters. The van der Waals surface area contributed by atoms with E-state index >= 15 is 0 Å². The van der Waals surface area contributed by atoms with Gasteiger partial charge in [-0.25, -0.2) is 0 Å². The molecule has 0 aliphatic heterocycles. The Morgan fingerprint density at radius 1 is 0.912 bits per heavy atom. The fraction of sp³-hybridized carbons (Fsp3) is 1.00. The van der Waals surface area contributed by atoms with E-state index in [1.807, 2.05) is 21.0 Å². The van der Waals surface area contributed by atoms with Gasteiger partial charge in [-0.1, -0.05) is 34.6 Å². The van der Waals surface area contributed by atoms with Crippen molar-refractivity contribution in [2.24, 2.45) is 45.3 Å². The Bertz CT molecular complexity index is 743. The van der Waals surface area contributed by atoms with Gasteiger partial charge in [0.05, 0.1) is 23.9 Å². The van der Waals surface area contributed by atoms with Gasteiger partial charge in [-0.3, -0.25) is 0 Å². The highest BCUT2D eigenvalue weighted by atomic mass is 16.5. The van der Waals surface area contributed by atoms with Crippen LogP contribution >= 0.6 is 0 Å². The molecule has 0 radical (unpaired) electrons. The van der Waals surface area contributed by atoms with Crippen molar-refractivity contribution >= 4 is 0 Å². The van der Waals surface area contributed by atoms with Crippen LogP contribution in [0.4, 0.5) is 0 Å². The number of aliphatic hydroxyl groups excluding tert-OH is 2. The molecule has 198 valence electrons. The van der Waals surface area contributed by atoms with Gasteiger partial charge in [0.15, 0.2) is 0 Å². The Balaban J connectivity index is 1.61. The summed E-state index contributed by atoms with van der Waals surface area (Å²) < 4.78 is 6.08. The molecule has 4 saturated carbocycles. The minimum atomic E-state index is -0.636. The lowest BCUT2D eigenvalue weighted by Crippen LogP contribution is -2.66. The molecule has 0 aromatic rings. The fourth-order valence-corrected chi connectivity index (χ4v) is 10.5. The second kappa shape index (κ2) is 8.71. The van der Waals surface area contributed by atoms with E-state index in [1.165, 1.54) is 19.3 Å². The number of rotatable bonds is 6. The van der Waals surface area contributed by atoms with Crippen LogP contribution in [0.15, 0.2) is 0 Å². The first-order chi connectivity index (χ1) is 15.6. The first-order valence-corrected chi connectivity index (χ1v) is 14.2. The molecule has 0 aromatic carbocycles. The highest BCUT2D eigenvalue weighted by Gasteiger charge is 2.70. The summed E-state index contributed by atoms with van der Waals surface area (Å²) in [4.78, 5) is 0. The van der Waals surface area contributed by atoms with E-state index in [2.05, 4.69) is 34.6 Å². The van der Waals surface area contributed by atoms with E-state index in [9.17, 15) is 15.3 Å². The molecular weight excluding hydrogens is 424 g/mol. The summed E-state index contributed by atoms with van der Waals surface area (Å²) in [6, 6.07) is 0. The van der Waals surface area contributed by atoms with Crippen molar-refractivity contribution in [2.45, 2.75) is 137 Å². The molecule has 0 bridgehead atoms. The molecule has 4 nitrogen and oxygen atoms in total. The number of methoxy groups -OCH3 is 1. The van der Waals surface area contributed by atoms with Crippen molar-refractivity contribution < 1.29 is 20.1 Å². The van der Waals surface area contributed by atoms with Crippen LogP contribution in [0.3, 0.4) is 0 Å². The Kier molecular flexibility index (Phi) is 6.89. The predicted octanol–water partition coefficient (Wildman–Crippen LogP) is 5.96. The molecule has 10 atom stereocenters. The fourth-order valence-electron chi connectivity index (χ4n) is 10.5. The summed E-state index contributed by atoms with van der Waals surface area (Å²) in [5.74, 6) is 1.68. The molecule has 0 amide bonds. The maximum atomic E-state index is 11.8. The molecule has 0 saturated heterocycles. The normalized spacial score (nSPS) is 49.1. The SMILES string of the molecule is CO[C@H](CCCC(C)(C)O)C1CC[C@]2(C)C1[C@H](O)CC1[C@@]3(C)CC[C@H](O)C(C)(C)C3CC[C@]12C. The maximum Gasteiger partial charge on any atom is 0.0603 e. The molecule has 4 heteroatoms. The number of aliphatic hydroxyl groups is 3. The van der Waals surface area contributed by atoms with Gasteiger partial charge < -0.3 is 20.1 Å². The Morgan fingerprint density at radius 2 is 1.56 bits per heavy atom. The molecule has 0 aromatic heterocycles. The highest BCUT2D eigenvalue weighted by Crippen LogP contribution is 2.75. The van der Waals surface area contributed by atoms with Gasteiger partial charge in [0.1, 0.15) is 0 Å². The standard InChI is InChI=1S/C30H54O4/c1-26(2,33)14-9-10-21(34-8)19-11-16-30(7)25(19)20(31)18-23-28(5)15-13-24(32)27(3,4)22(28)12-17-29(23,30)6/h19-25,31-33H,9-18H2,1-8H3/t19?,20-,21-,22?,23?,24+,25?,28+,29-,30-/m1/s1. The molecule has 0 spiro atoms. The van der Waals surface area contributed by atoms with Crippen molar-refractivity contribution in [1.82, 2.24) is 0 Å². The van der Waals surface area contributed by atoms with Crippen LogP contribution < -0.4 is 0 Å². The third-order valence-electron chi connectivity index (χ3n) is 12.5. The van der Waals surface area contributed by atoms with Crippen LogP contribution in [0.2, 0.25) is 0 Å². The molecule has 34 heavy (non-hydrogen) atoms. The van der Waals surface area contributed by atoms with E-state index in [1.54, 1.807) is 0 Å².